The molecule has 1 aliphatic rings. The molecule has 0 spiro atoms. The minimum absolute atomic E-state index is 0.0863. The van der Waals surface area contributed by atoms with E-state index in [4.69, 9.17) is 0 Å². The molecule has 3 rings (SSSR count). The van der Waals surface area contributed by atoms with Crippen LogP contribution in [0, 0.1) is 0 Å². The van der Waals surface area contributed by atoms with Gasteiger partial charge in [-0.2, -0.15) is 0 Å². The monoisotopic (exact) mass is 302 g/mol. The second-order valence-electron chi connectivity index (χ2n) is 4.95. The summed E-state index contributed by atoms with van der Waals surface area (Å²) in [5, 5.41) is 0. The van der Waals surface area contributed by atoms with Crippen molar-refractivity contribution >= 4 is 17.6 Å². The molecule has 2 aromatic rings. The molecule has 1 aromatic heterocycles. The van der Waals surface area contributed by atoms with Crippen LogP contribution in [0.1, 0.15) is 39.6 Å². The fraction of sp³-hybridized carbons (Fsp3) is 0.188. The molecule has 112 valence electrons. The van der Waals surface area contributed by atoms with Crippen LogP contribution in [0.3, 0.4) is 0 Å². The molecule has 4 nitrogen and oxygen atoms in total. The Morgan fingerprint density at radius 1 is 1.09 bits per heavy atom. The molecular weight excluding hydrogens is 290 g/mol. The molecule has 0 fully saturated rings. The molecule has 0 saturated heterocycles. The highest BCUT2D eigenvalue weighted by molar-refractivity contribution is 6.34. The Bertz CT molecular complexity index is 739. The van der Waals surface area contributed by atoms with Crippen molar-refractivity contribution in [3.8, 4) is 0 Å². The summed E-state index contributed by atoms with van der Waals surface area (Å²) >= 11 is 0. The second-order valence-corrected chi connectivity index (χ2v) is 4.95. The molecule has 0 N–H and O–H groups in total. The van der Waals surface area contributed by atoms with E-state index in [1.54, 1.807) is 12.1 Å². The molecule has 22 heavy (non-hydrogen) atoms. The Kier molecular flexibility index (Phi) is 3.24. The number of fused-ring (bicyclic) bond motifs is 1. The minimum Gasteiger partial charge on any atom is -0.268 e. The van der Waals surface area contributed by atoms with Gasteiger partial charge < -0.3 is 0 Å². The van der Waals surface area contributed by atoms with Gasteiger partial charge in [0, 0.05) is 18.2 Å². The van der Waals surface area contributed by atoms with Gasteiger partial charge >= 0.3 is 0 Å². The Morgan fingerprint density at radius 2 is 1.68 bits per heavy atom. The number of carbonyl (C=O) groups is 2. The van der Waals surface area contributed by atoms with Crippen LogP contribution in [0.25, 0.3) is 0 Å². The van der Waals surface area contributed by atoms with Crippen molar-refractivity contribution in [2.45, 2.75) is 19.3 Å². The summed E-state index contributed by atoms with van der Waals surface area (Å²) < 4.78 is 27.6. The predicted molar refractivity (Wildman–Crippen MR) is 76.0 cm³/mol. The van der Waals surface area contributed by atoms with Gasteiger partial charge in [0.2, 0.25) is 0 Å². The quantitative estimate of drug-likeness (QED) is 0.817. The van der Waals surface area contributed by atoms with Crippen molar-refractivity contribution in [1.29, 1.82) is 0 Å². The molecule has 6 heteroatoms. The average molecular weight is 302 g/mol. The third-order valence-electron chi connectivity index (χ3n) is 3.64. The third kappa shape index (κ3) is 2.07. The number of hydrogen-bond donors (Lipinski definition) is 0. The minimum atomic E-state index is -3.03. The van der Waals surface area contributed by atoms with Crippen LogP contribution in [0.4, 0.5) is 14.6 Å². The predicted octanol–water partition coefficient (Wildman–Crippen LogP) is 3.38. The first-order valence-electron chi connectivity index (χ1n) is 6.78. The zero-order valence-corrected chi connectivity index (χ0v) is 11.7. The number of alkyl halides is 2. The summed E-state index contributed by atoms with van der Waals surface area (Å²) in [7, 11) is 0. The molecule has 0 saturated carbocycles. The zero-order valence-electron chi connectivity index (χ0n) is 11.7. The molecule has 1 aliphatic heterocycles. The maximum Gasteiger partial charge on any atom is 0.273 e. The first-order valence-corrected chi connectivity index (χ1v) is 6.78. The summed E-state index contributed by atoms with van der Waals surface area (Å²) in [6.45, 7) is 1.36. The number of amides is 2. The lowest BCUT2D eigenvalue weighted by Gasteiger charge is -2.17. The van der Waals surface area contributed by atoms with Crippen LogP contribution in [0.5, 0.6) is 0 Å². The highest BCUT2D eigenvalue weighted by atomic mass is 19.3. The van der Waals surface area contributed by atoms with Gasteiger partial charge in [0.15, 0.2) is 0 Å². The van der Waals surface area contributed by atoms with Crippen LogP contribution in [0.15, 0.2) is 42.6 Å². The number of carbonyl (C=O) groups excluding carboxylic acids is 2. The maximum atomic E-state index is 13.8. The van der Waals surface area contributed by atoms with Crippen molar-refractivity contribution in [3.05, 3.63) is 59.3 Å². The van der Waals surface area contributed by atoms with Gasteiger partial charge in [-0.1, -0.05) is 19.1 Å². The van der Waals surface area contributed by atoms with E-state index >= 15 is 0 Å². The Hall–Kier alpha value is -2.63. The number of halogens is 2. The maximum absolute atomic E-state index is 13.8. The first-order chi connectivity index (χ1) is 10.5. The molecule has 0 radical (unpaired) electrons. The van der Waals surface area contributed by atoms with E-state index in [1.807, 2.05) is 0 Å². The Balaban J connectivity index is 2.05. The summed E-state index contributed by atoms with van der Waals surface area (Å²) in [5.74, 6) is -4.22. The fourth-order valence-electron chi connectivity index (χ4n) is 2.37. The number of pyridine rings is 1. The number of imide groups is 1. The highest BCUT2D eigenvalue weighted by Gasteiger charge is 2.38. The van der Waals surface area contributed by atoms with E-state index < -0.39 is 17.7 Å². The highest BCUT2D eigenvalue weighted by Crippen LogP contribution is 2.34. The van der Waals surface area contributed by atoms with Gasteiger partial charge in [0.25, 0.3) is 17.7 Å². The van der Waals surface area contributed by atoms with Crippen molar-refractivity contribution in [3.63, 3.8) is 0 Å². The van der Waals surface area contributed by atoms with E-state index in [0.29, 0.717) is 0 Å². The number of nitrogens with zero attached hydrogens (tertiary/aromatic N) is 2. The van der Waals surface area contributed by atoms with Gasteiger partial charge in [-0.3, -0.25) is 9.59 Å². The van der Waals surface area contributed by atoms with E-state index in [9.17, 15) is 18.4 Å². The number of aromatic nitrogens is 1. The summed E-state index contributed by atoms with van der Waals surface area (Å²) in [6.07, 6.45) is 0.802. The van der Waals surface area contributed by atoms with Gasteiger partial charge in [-0.05, 0) is 24.3 Å². The molecule has 0 bridgehead atoms. The normalized spacial score (nSPS) is 14.4. The molecular formula is C16H12F2N2O2. The number of hydrogen-bond acceptors (Lipinski definition) is 3. The fourth-order valence-corrected chi connectivity index (χ4v) is 2.37. The lowest BCUT2D eigenvalue weighted by Crippen LogP contribution is -2.30. The topological polar surface area (TPSA) is 50.3 Å². The average Bonchev–Trinajstić information content (AvgIpc) is 2.79. The van der Waals surface area contributed by atoms with Crippen molar-refractivity contribution in [1.82, 2.24) is 4.98 Å². The van der Waals surface area contributed by atoms with E-state index in [2.05, 4.69) is 4.98 Å². The second kappa shape index (κ2) is 4.98. The standard InChI is InChI=1S/C16H12F2N2O2/c1-2-16(17,18)10-7-8-19-13(9-10)20-14(21)11-5-3-4-6-12(11)15(20)22/h3-9H,2H2,1H3. The van der Waals surface area contributed by atoms with Crippen LogP contribution < -0.4 is 4.90 Å². The zero-order chi connectivity index (χ0) is 15.9. The number of rotatable bonds is 3. The Labute approximate surface area is 125 Å². The summed E-state index contributed by atoms with van der Waals surface area (Å²) in [6, 6.07) is 8.61. The van der Waals surface area contributed by atoms with Gasteiger partial charge in [-0.15, -0.1) is 0 Å². The van der Waals surface area contributed by atoms with E-state index in [0.717, 1.165) is 11.0 Å². The summed E-state index contributed by atoms with van der Waals surface area (Å²) in [5.41, 5.74) is 0.237. The van der Waals surface area contributed by atoms with E-state index in [1.165, 1.54) is 31.3 Å². The smallest absolute Gasteiger partial charge is 0.268 e. The molecule has 0 atom stereocenters. The van der Waals surface area contributed by atoms with Crippen LogP contribution >= 0.6 is 0 Å². The molecule has 2 amide bonds. The van der Waals surface area contributed by atoms with Crippen LogP contribution in [-0.4, -0.2) is 16.8 Å². The molecule has 1 aromatic carbocycles. The number of benzene rings is 1. The van der Waals surface area contributed by atoms with Crippen molar-refractivity contribution < 1.29 is 18.4 Å². The number of anilines is 1. The molecule has 0 unspecified atom stereocenters. The Morgan fingerprint density at radius 3 is 2.23 bits per heavy atom. The van der Waals surface area contributed by atoms with Gasteiger partial charge in [0.05, 0.1) is 11.1 Å². The lowest BCUT2D eigenvalue weighted by molar-refractivity contribution is -0.00835. The van der Waals surface area contributed by atoms with Crippen molar-refractivity contribution in [2.24, 2.45) is 0 Å². The largest absolute Gasteiger partial charge is 0.273 e. The van der Waals surface area contributed by atoms with Gasteiger partial charge in [0.1, 0.15) is 5.82 Å². The van der Waals surface area contributed by atoms with E-state index in [-0.39, 0.29) is 28.9 Å². The SMILES string of the molecule is CCC(F)(F)c1ccnc(N2C(=O)c3ccccc3C2=O)c1. The van der Waals surface area contributed by atoms with Gasteiger partial charge in [-0.25, -0.2) is 18.7 Å². The van der Waals surface area contributed by atoms with Crippen LogP contribution in [0.2, 0.25) is 0 Å². The van der Waals surface area contributed by atoms with Crippen LogP contribution in [-0.2, 0) is 5.92 Å². The molecule has 2 heterocycles. The lowest BCUT2D eigenvalue weighted by atomic mass is 10.1. The summed E-state index contributed by atoms with van der Waals surface area (Å²) in [4.78, 5) is 29.4. The first kappa shape index (κ1) is 14.3. The van der Waals surface area contributed by atoms with Crippen molar-refractivity contribution in [2.75, 3.05) is 4.90 Å². The molecule has 0 aliphatic carbocycles. The third-order valence-corrected chi connectivity index (χ3v) is 3.64.